The number of pyridine rings is 1. The van der Waals surface area contributed by atoms with Crippen molar-refractivity contribution >= 4 is 23.7 Å². The van der Waals surface area contributed by atoms with Crippen LogP contribution in [0.2, 0.25) is 0 Å². The van der Waals surface area contributed by atoms with Gasteiger partial charge in [-0.15, -0.1) is 11.8 Å². The average molecular weight is 241 g/mol. The summed E-state index contributed by atoms with van der Waals surface area (Å²) < 4.78 is 4.48. The lowest BCUT2D eigenvalue weighted by atomic mass is 10.3. The Morgan fingerprint density at radius 1 is 1.56 bits per heavy atom. The Bertz CT molecular complexity index is 394. The molecule has 1 N–H and O–H groups in total. The number of carbonyl (C=O) groups is 2. The van der Waals surface area contributed by atoms with E-state index in [4.69, 9.17) is 5.11 Å². The number of nitrogens with zero attached hydrogens (tertiary/aromatic N) is 1. The molecule has 0 amide bonds. The van der Waals surface area contributed by atoms with Gasteiger partial charge in [-0.05, 0) is 12.1 Å². The minimum Gasteiger partial charge on any atom is -0.478 e. The summed E-state index contributed by atoms with van der Waals surface area (Å²) in [7, 11) is 1.32. The van der Waals surface area contributed by atoms with Gasteiger partial charge >= 0.3 is 11.9 Å². The first-order valence-corrected chi connectivity index (χ1v) is 5.51. The lowest BCUT2D eigenvalue weighted by molar-refractivity contribution is -0.140. The van der Waals surface area contributed by atoms with Crippen LogP contribution >= 0.6 is 11.8 Å². The maximum absolute atomic E-state index is 10.8. The van der Waals surface area contributed by atoms with Crippen molar-refractivity contribution in [3.05, 3.63) is 23.9 Å². The molecule has 0 bridgehead atoms. The Morgan fingerprint density at radius 2 is 2.31 bits per heavy atom. The fraction of sp³-hybridized carbons (Fsp3) is 0.300. The maximum Gasteiger partial charge on any atom is 0.338 e. The first kappa shape index (κ1) is 12.5. The van der Waals surface area contributed by atoms with Gasteiger partial charge in [0.2, 0.25) is 0 Å². The summed E-state index contributed by atoms with van der Waals surface area (Å²) in [6.45, 7) is 0. The Labute approximate surface area is 96.8 Å². The number of carboxylic acids is 1. The van der Waals surface area contributed by atoms with Crippen LogP contribution in [0.25, 0.3) is 0 Å². The average Bonchev–Trinajstić information content (AvgIpc) is 2.29. The highest BCUT2D eigenvalue weighted by Gasteiger charge is 2.11. The first-order valence-electron chi connectivity index (χ1n) is 4.53. The Morgan fingerprint density at radius 3 is 2.94 bits per heavy atom. The Hall–Kier alpha value is -1.56. The molecule has 86 valence electrons. The number of esters is 1. The zero-order valence-corrected chi connectivity index (χ0v) is 9.49. The zero-order valence-electron chi connectivity index (χ0n) is 8.67. The van der Waals surface area contributed by atoms with Crippen LogP contribution in [-0.2, 0) is 9.53 Å². The van der Waals surface area contributed by atoms with Gasteiger partial charge in [-0.2, -0.15) is 0 Å². The molecule has 0 saturated heterocycles. The van der Waals surface area contributed by atoms with Crippen molar-refractivity contribution in [2.75, 3.05) is 12.9 Å². The molecule has 0 fully saturated rings. The molecular formula is C10H11NO4S. The second-order valence-electron chi connectivity index (χ2n) is 2.84. The summed E-state index contributed by atoms with van der Waals surface area (Å²) in [5.41, 5.74) is 0.150. The van der Waals surface area contributed by atoms with Crippen molar-refractivity contribution in [3.63, 3.8) is 0 Å². The number of hydrogen-bond acceptors (Lipinski definition) is 5. The van der Waals surface area contributed by atoms with Gasteiger partial charge in [-0.3, -0.25) is 4.79 Å². The SMILES string of the molecule is COC(=O)CCSc1ncccc1C(=O)O. The lowest BCUT2D eigenvalue weighted by Gasteiger charge is -2.03. The molecule has 0 radical (unpaired) electrons. The van der Waals surface area contributed by atoms with E-state index in [1.165, 1.54) is 31.1 Å². The summed E-state index contributed by atoms with van der Waals surface area (Å²) in [5.74, 6) is -0.891. The molecule has 0 aliphatic carbocycles. The van der Waals surface area contributed by atoms with Crippen molar-refractivity contribution in [1.82, 2.24) is 4.98 Å². The molecule has 0 spiro atoms. The van der Waals surface area contributed by atoms with Gasteiger partial charge in [0.15, 0.2) is 0 Å². The highest BCUT2D eigenvalue weighted by atomic mass is 32.2. The first-order chi connectivity index (χ1) is 7.65. The second kappa shape index (κ2) is 6.12. The third-order valence-electron chi connectivity index (χ3n) is 1.77. The summed E-state index contributed by atoms with van der Waals surface area (Å²) in [5, 5.41) is 9.29. The minimum absolute atomic E-state index is 0.150. The van der Waals surface area contributed by atoms with Gasteiger partial charge < -0.3 is 9.84 Å². The van der Waals surface area contributed by atoms with Gasteiger partial charge in [-0.25, -0.2) is 9.78 Å². The van der Waals surface area contributed by atoms with Crippen LogP contribution in [0.1, 0.15) is 16.8 Å². The molecule has 0 atom stereocenters. The molecule has 0 unspecified atom stereocenters. The number of carbonyl (C=O) groups excluding carboxylic acids is 1. The number of carboxylic acid groups (broad SMARTS) is 1. The van der Waals surface area contributed by atoms with Crippen LogP contribution < -0.4 is 0 Å². The highest BCUT2D eigenvalue weighted by molar-refractivity contribution is 7.99. The summed E-state index contributed by atoms with van der Waals surface area (Å²) >= 11 is 1.23. The van der Waals surface area contributed by atoms with Crippen molar-refractivity contribution in [1.29, 1.82) is 0 Å². The second-order valence-corrected chi connectivity index (χ2v) is 3.92. The molecule has 5 nitrogen and oxygen atoms in total. The monoisotopic (exact) mass is 241 g/mol. The molecule has 6 heteroatoms. The van der Waals surface area contributed by atoms with Crippen LogP contribution in [0, 0.1) is 0 Å². The fourth-order valence-corrected chi connectivity index (χ4v) is 1.91. The lowest BCUT2D eigenvalue weighted by Crippen LogP contribution is -2.03. The van der Waals surface area contributed by atoms with Crippen molar-refractivity contribution < 1.29 is 19.4 Å². The van der Waals surface area contributed by atoms with Crippen molar-refractivity contribution in [2.45, 2.75) is 11.4 Å². The topological polar surface area (TPSA) is 76.5 Å². The number of rotatable bonds is 5. The smallest absolute Gasteiger partial charge is 0.338 e. The third-order valence-corrected chi connectivity index (χ3v) is 2.78. The summed E-state index contributed by atoms with van der Waals surface area (Å²) in [6.07, 6.45) is 1.75. The van der Waals surface area contributed by atoms with Crippen LogP contribution in [0.3, 0.4) is 0 Å². The molecular weight excluding hydrogens is 230 g/mol. The van der Waals surface area contributed by atoms with E-state index < -0.39 is 5.97 Å². The number of hydrogen-bond donors (Lipinski definition) is 1. The van der Waals surface area contributed by atoms with Gasteiger partial charge in [-0.1, -0.05) is 0 Å². The predicted molar refractivity (Wildman–Crippen MR) is 58.6 cm³/mol. The van der Waals surface area contributed by atoms with Crippen LogP contribution in [-0.4, -0.2) is 34.9 Å². The molecule has 0 saturated carbocycles. The van der Waals surface area contributed by atoms with Gasteiger partial charge in [0, 0.05) is 11.9 Å². The molecule has 1 aromatic rings. The summed E-state index contributed by atoms with van der Waals surface area (Å²) in [4.78, 5) is 25.6. The summed E-state index contributed by atoms with van der Waals surface area (Å²) in [6, 6.07) is 3.05. The Kier molecular flexibility index (Phi) is 4.78. The fourth-order valence-electron chi connectivity index (χ4n) is 1.00. The maximum atomic E-state index is 10.8. The van der Waals surface area contributed by atoms with Gasteiger partial charge in [0.25, 0.3) is 0 Å². The van der Waals surface area contributed by atoms with Gasteiger partial charge in [0.05, 0.1) is 19.1 Å². The van der Waals surface area contributed by atoms with Crippen LogP contribution in [0.4, 0.5) is 0 Å². The zero-order chi connectivity index (χ0) is 12.0. The van der Waals surface area contributed by atoms with E-state index in [0.29, 0.717) is 10.8 Å². The van der Waals surface area contributed by atoms with E-state index in [0.717, 1.165) is 0 Å². The largest absolute Gasteiger partial charge is 0.478 e. The van der Waals surface area contributed by atoms with E-state index >= 15 is 0 Å². The van der Waals surface area contributed by atoms with Crippen molar-refractivity contribution in [3.8, 4) is 0 Å². The molecule has 0 aliphatic heterocycles. The predicted octanol–water partition coefficient (Wildman–Crippen LogP) is 1.43. The molecule has 16 heavy (non-hydrogen) atoms. The van der Waals surface area contributed by atoms with E-state index in [9.17, 15) is 9.59 Å². The van der Waals surface area contributed by atoms with Gasteiger partial charge in [0.1, 0.15) is 5.03 Å². The number of ether oxygens (including phenoxy) is 1. The van der Waals surface area contributed by atoms with Crippen LogP contribution in [0.5, 0.6) is 0 Å². The molecule has 0 aromatic carbocycles. The molecule has 1 aromatic heterocycles. The van der Waals surface area contributed by atoms with E-state index in [1.54, 1.807) is 6.07 Å². The number of thioether (sulfide) groups is 1. The third kappa shape index (κ3) is 3.54. The van der Waals surface area contributed by atoms with Crippen molar-refractivity contribution in [2.24, 2.45) is 0 Å². The normalized spacial score (nSPS) is 9.81. The van der Waals surface area contributed by atoms with Crippen LogP contribution in [0.15, 0.2) is 23.4 Å². The highest BCUT2D eigenvalue weighted by Crippen LogP contribution is 2.20. The Balaban J connectivity index is 2.60. The number of aromatic carboxylic acids is 1. The van der Waals surface area contributed by atoms with E-state index in [2.05, 4.69) is 9.72 Å². The molecule has 0 aliphatic rings. The molecule has 1 heterocycles. The standard InChI is InChI=1S/C10H11NO4S/c1-15-8(12)4-6-16-9-7(10(13)14)3-2-5-11-9/h2-3,5H,4,6H2,1H3,(H,13,14). The quantitative estimate of drug-likeness (QED) is 0.621. The minimum atomic E-state index is -1.02. The van der Waals surface area contributed by atoms with E-state index in [1.807, 2.05) is 0 Å². The van der Waals surface area contributed by atoms with E-state index in [-0.39, 0.29) is 18.0 Å². The molecule has 1 rings (SSSR count). The number of aromatic nitrogens is 1. The number of methoxy groups -OCH3 is 1.